The maximum atomic E-state index is 11.4. The Morgan fingerprint density at radius 2 is 1.05 bits per heavy atom. The van der Waals surface area contributed by atoms with Gasteiger partial charge in [-0.25, -0.2) is 4.79 Å². The molecule has 21 heavy (non-hydrogen) atoms. The first-order chi connectivity index (χ1) is 10.3. The molecule has 0 spiro atoms. The zero-order valence-electron chi connectivity index (χ0n) is 14.0. The van der Waals surface area contributed by atoms with Gasteiger partial charge >= 0.3 is 6.09 Å². The van der Waals surface area contributed by atoms with Gasteiger partial charge in [-0.3, -0.25) is 0 Å². The van der Waals surface area contributed by atoms with Gasteiger partial charge in [-0.15, -0.1) is 0 Å². The summed E-state index contributed by atoms with van der Waals surface area (Å²) in [6.07, 6.45) is 19.6. The third-order valence-corrected chi connectivity index (χ3v) is 4.61. The minimum Gasteiger partial charge on any atom is -0.453 e. The molecular weight excluding hydrogens is 262 g/mol. The summed E-state index contributed by atoms with van der Waals surface area (Å²) in [5, 5.41) is 3.01. The van der Waals surface area contributed by atoms with E-state index in [0.717, 1.165) is 12.8 Å². The van der Waals surface area contributed by atoms with Gasteiger partial charge < -0.3 is 10.1 Å². The second-order valence-corrected chi connectivity index (χ2v) is 6.51. The van der Waals surface area contributed by atoms with Crippen LogP contribution in [-0.4, -0.2) is 19.2 Å². The molecular formula is C18H35NO2. The summed E-state index contributed by atoms with van der Waals surface area (Å²) >= 11 is 0. The van der Waals surface area contributed by atoms with E-state index < -0.39 is 0 Å². The molecule has 1 aliphatic carbocycles. The van der Waals surface area contributed by atoms with Crippen LogP contribution in [0.1, 0.15) is 96.3 Å². The van der Waals surface area contributed by atoms with Crippen LogP contribution in [0.3, 0.4) is 0 Å². The highest BCUT2D eigenvalue weighted by atomic mass is 16.5. The van der Waals surface area contributed by atoms with Crippen LogP contribution in [0.4, 0.5) is 4.79 Å². The summed E-state index contributed by atoms with van der Waals surface area (Å²) in [4.78, 5) is 11.4. The molecule has 0 heterocycles. The second kappa shape index (κ2) is 13.0. The Morgan fingerprint density at radius 3 is 1.38 bits per heavy atom. The van der Waals surface area contributed by atoms with Crippen LogP contribution in [-0.2, 0) is 4.74 Å². The number of ether oxygens (including phenoxy) is 1. The first-order valence-electron chi connectivity index (χ1n) is 9.17. The molecule has 1 rings (SSSR count). The van der Waals surface area contributed by atoms with Crippen molar-refractivity contribution in [2.75, 3.05) is 7.11 Å². The fourth-order valence-electron chi connectivity index (χ4n) is 3.24. The number of carbonyl (C=O) groups excluding carboxylic acids is 1. The van der Waals surface area contributed by atoms with Crippen LogP contribution in [0.25, 0.3) is 0 Å². The lowest BCUT2D eigenvalue weighted by Crippen LogP contribution is -2.34. The Morgan fingerprint density at radius 1 is 0.714 bits per heavy atom. The highest BCUT2D eigenvalue weighted by Gasteiger charge is 2.12. The summed E-state index contributed by atoms with van der Waals surface area (Å²) < 4.78 is 4.74. The quantitative estimate of drug-likeness (QED) is 0.686. The molecule has 0 unspecified atom stereocenters. The molecule has 0 bridgehead atoms. The fourth-order valence-corrected chi connectivity index (χ4v) is 3.24. The van der Waals surface area contributed by atoms with Crippen LogP contribution >= 0.6 is 0 Å². The molecule has 0 aliphatic heterocycles. The zero-order chi connectivity index (χ0) is 15.2. The third kappa shape index (κ3) is 10.6. The molecule has 0 atom stereocenters. The van der Waals surface area contributed by atoms with Gasteiger partial charge in [0.15, 0.2) is 0 Å². The molecule has 1 fully saturated rings. The van der Waals surface area contributed by atoms with Crippen molar-refractivity contribution in [3.63, 3.8) is 0 Å². The van der Waals surface area contributed by atoms with Crippen molar-refractivity contribution >= 4 is 6.09 Å². The summed E-state index contributed by atoms with van der Waals surface area (Å²) in [6.45, 7) is 0. The van der Waals surface area contributed by atoms with Gasteiger partial charge in [-0.2, -0.15) is 0 Å². The van der Waals surface area contributed by atoms with E-state index in [1.807, 2.05) is 0 Å². The molecule has 0 aromatic heterocycles. The molecule has 0 saturated heterocycles. The van der Waals surface area contributed by atoms with Crippen LogP contribution in [0, 0.1) is 0 Å². The first-order valence-corrected chi connectivity index (χ1v) is 9.17. The van der Waals surface area contributed by atoms with Crippen LogP contribution in [0.2, 0.25) is 0 Å². The van der Waals surface area contributed by atoms with Crippen molar-refractivity contribution < 1.29 is 9.53 Å². The fraction of sp³-hybridized carbons (Fsp3) is 0.944. The molecule has 0 radical (unpaired) electrons. The van der Waals surface area contributed by atoms with Crippen molar-refractivity contribution in [1.29, 1.82) is 0 Å². The van der Waals surface area contributed by atoms with Gasteiger partial charge in [0.2, 0.25) is 0 Å². The lowest BCUT2D eigenvalue weighted by Gasteiger charge is -2.18. The molecule has 1 saturated carbocycles. The smallest absolute Gasteiger partial charge is 0.407 e. The average molecular weight is 297 g/mol. The average Bonchev–Trinajstić information content (AvgIpc) is 2.49. The van der Waals surface area contributed by atoms with E-state index in [1.165, 1.54) is 90.6 Å². The molecule has 0 aromatic carbocycles. The van der Waals surface area contributed by atoms with Gasteiger partial charge in [-0.1, -0.05) is 83.5 Å². The topological polar surface area (TPSA) is 38.3 Å². The standard InChI is InChI=1S/C18H35NO2/c1-21-18(20)19-17-15-13-11-9-7-5-3-2-4-6-8-10-12-14-16-17/h17H,2-16H2,1H3,(H,19,20). The summed E-state index contributed by atoms with van der Waals surface area (Å²) in [5.41, 5.74) is 0. The number of rotatable bonds is 1. The first kappa shape index (κ1) is 18.3. The normalized spacial score (nSPS) is 21.6. The van der Waals surface area contributed by atoms with Crippen molar-refractivity contribution in [3.05, 3.63) is 0 Å². The Bertz CT molecular complexity index is 240. The Balaban J connectivity index is 2.29. The summed E-state index contributed by atoms with van der Waals surface area (Å²) in [6, 6.07) is 0.311. The van der Waals surface area contributed by atoms with Crippen molar-refractivity contribution in [2.45, 2.75) is 102 Å². The van der Waals surface area contributed by atoms with Gasteiger partial charge in [0.05, 0.1) is 7.11 Å². The molecule has 3 heteroatoms. The van der Waals surface area contributed by atoms with E-state index in [2.05, 4.69) is 5.32 Å². The van der Waals surface area contributed by atoms with E-state index in [0.29, 0.717) is 6.04 Å². The summed E-state index contributed by atoms with van der Waals surface area (Å²) in [7, 11) is 1.45. The van der Waals surface area contributed by atoms with Crippen molar-refractivity contribution in [1.82, 2.24) is 5.32 Å². The Labute approximate surface area is 131 Å². The maximum absolute atomic E-state index is 11.4. The number of carbonyl (C=O) groups is 1. The van der Waals surface area contributed by atoms with Crippen molar-refractivity contribution in [2.24, 2.45) is 0 Å². The number of hydrogen-bond donors (Lipinski definition) is 1. The number of nitrogens with one attached hydrogen (secondary N) is 1. The zero-order valence-corrected chi connectivity index (χ0v) is 14.0. The molecule has 1 amide bonds. The van der Waals surface area contributed by atoms with Gasteiger partial charge in [0.1, 0.15) is 0 Å². The number of hydrogen-bond acceptors (Lipinski definition) is 2. The van der Waals surface area contributed by atoms with E-state index in [4.69, 9.17) is 4.74 Å². The molecule has 1 N–H and O–H groups in total. The number of alkyl carbamates (subject to hydrolysis) is 1. The van der Waals surface area contributed by atoms with Crippen molar-refractivity contribution in [3.8, 4) is 0 Å². The van der Waals surface area contributed by atoms with Gasteiger partial charge in [-0.05, 0) is 12.8 Å². The highest BCUT2D eigenvalue weighted by molar-refractivity contribution is 5.67. The number of amides is 1. The second-order valence-electron chi connectivity index (χ2n) is 6.51. The SMILES string of the molecule is COC(=O)NC1CCCCCCCCCCCCCCC1. The lowest BCUT2D eigenvalue weighted by molar-refractivity contribution is 0.164. The van der Waals surface area contributed by atoms with E-state index in [1.54, 1.807) is 0 Å². The monoisotopic (exact) mass is 297 g/mol. The van der Waals surface area contributed by atoms with Gasteiger partial charge in [0, 0.05) is 6.04 Å². The lowest BCUT2D eigenvalue weighted by atomic mass is 9.98. The minimum absolute atomic E-state index is 0.269. The molecule has 0 aromatic rings. The Hall–Kier alpha value is -0.730. The van der Waals surface area contributed by atoms with Gasteiger partial charge in [0.25, 0.3) is 0 Å². The van der Waals surface area contributed by atoms with Crippen LogP contribution in [0.5, 0.6) is 0 Å². The third-order valence-electron chi connectivity index (χ3n) is 4.61. The molecule has 1 aliphatic rings. The number of methoxy groups -OCH3 is 1. The molecule has 3 nitrogen and oxygen atoms in total. The van der Waals surface area contributed by atoms with E-state index in [-0.39, 0.29) is 6.09 Å². The van der Waals surface area contributed by atoms with E-state index in [9.17, 15) is 4.79 Å². The van der Waals surface area contributed by atoms with E-state index >= 15 is 0 Å². The van der Waals surface area contributed by atoms with Crippen LogP contribution < -0.4 is 5.32 Å². The highest BCUT2D eigenvalue weighted by Crippen LogP contribution is 2.17. The largest absolute Gasteiger partial charge is 0.453 e. The predicted molar refractivity (Wildman–Crippen MR) is 88.6 cm³/mol. The Kier molecular flexibility index (Phi) is 11.3. The van der Waals surface area contributed by atoms with Crippen LogP contribution in [0.15, 0.2) is 0 Å². The summed E-state index contributed by atoms with van der Waals surface area (Å²) in [5.74, 6) is 0. The maximum Gasteiger partial charge on any atom is 0.407 e. The predicted octanol–water partition coefficient (Wildman–Crippen LogP) is 5.58. The molecule has 124 valence electrons. The minimum atomic E-state index is -0.269.